The quantitative estimate of drug-likeness (QED) is 0.761. The molecule has 0 aliphatic carbocycles. The van der Waals surface area contributed by atoms with Gasteiger partial charge in [0.1, 0.15) is 0 Å². The molecule has 114 valence electrons. The number of hydrogen-bond acceptors (Lipinski definition) is 4. The monoisotopic (exact) mass is 356 g/mol. The fourth-order valence-electron chi connectivity index (χ4n) is 1.85. The molecule has 1 saturated heterocycles. The zero-order chi connectivity index (χ0) is 15.1. The predicted octanol–water partition coefficient (Wildman–Crippen LogP) is 0.711. The molecule has 0 radical (unpaired) electrons. The molecule has 21 heavy (non-hydrogen) atoms. The molecular formula is C14H17BrN2O4. The Morgan fingerprint density at radius 1 is 1.24 bits per heavy atom. The van der Waals surface area contributed by atoms with E-state index in [4.69, 9.17) is 9.47 Å². The lowest BCUT2D eigenvalue weighted by Crippen LogP contribution is -2.45. The van der Waals surface area contributed by atoms with Gasteiger partial charge in [-0.2, -0.15) is 0 Å². The molecular weight excluding hydrogens is 340 g/mol. The molecule has 1 atom stereocenters. The Bertz CT molecular complexity index is 504. The van der Waals surface area contributed by atoms with Crippen molar-refractivity contribution in [1.82, 2.24) is 10.6 Å². The van der Waals surface area contributed by atoms with E-state index < -0.39 is 6.10 Å². The molecule has 0 aromatic heterocycles. The molecule has 0 saturated carbocycles. The van der Waals surface area contributed by atoms with Gasteiger partial charge in [0, 0.05) is 23.1 Å². The maximum absolute atomic E-state index is 11.9. The van der Waals surface area contributed by atoms with E-state index in [-0.39, 0.29) is 18.4 Å². The van der Waals surface area contributed by atoms with E-state index >= 15 is 0 Å². The van der Waals surface area contributed by atoms with Crippen molar-refractivity contribution in [2.24, 2.45) is 0 Å². The summed E-state index contributed by atoms with van der Waals surface area (Å²) in [6.45, 7) is 1.92. The Hall–Kier alpha value is -1.44. The standard InChI is InChI=1S/C14H17BrN2O4/c15-11-3-1-2-10(8-11)13(18)16-4-5-17-14(19)12-9-20-6-7-21-12/h1-3,8,12H,4-7,9H2,(H,16,18)(H,17,19). The fourth-order valence-corrected chi connectivity index (χ4v) is 2.25. The highest BCUT2D eigenvalue weighted by atomic mass is 79.9. The Labute approximate surface area is 131 Å². The van der Waals surface area contributed by atoms with Gasteiger partial charge in [0.25, 0.3) is 11.8 Å². The summed E-state index contributed by atoms with van der Waals surface area (Å²) in [5.74, 6) is -0.394. The lowest BCUT2D eigenvalue weighted by atomic mass is 10.2. The zero-order valence-electron chi connectivity index (χ0n) is 11.4. The average molecular weight is 357 g/mol. The minimum atomic E-state index is -0.556. The van der Waals surface area contributed by atoms with E-state index in [1.807, 2.05) is 6.07 Å². The van der Waals surface area contributed by atoms with Crippen LogP contribution in [0.2, 0.25) is 0 Å². The molecule has 1 aliphatic heterocycles. The van der Waals surface area contributed by atoms with E-state index in [2.05, 4.69) is 26.6 Å². The Kier molecular flexibility index (Phi) is 6.16. The number of amides is 2. The van der Waals surface area contributed by atoms with E-state index in [9.17, 15) is 9.59 Å². The summed E-state index contributed by atoms with van der Waals surface area (Å²) in [7, 11) is 0. The second-order valence-electron chi connectivity index (χ2n) is 4.49. The highest BCUT2D eigenvalue weighted by Gasteiger charge is 2.21. The average Bonchev–Trinajstić information content (AvgIpc) is 2.52. The molecule has 2 N–H and O–H groups in total. The van der Waals surface area contributed by atoms with Crippen molar-refractivity contribution < 1.29 is 19.1 Å². The Morgan fingerprint density at radius 3 is 2.76 bits per heavy atom. The number of carbonyl (C=O) groups excluding carboxylic acids is 2. The highest BCUT2D eigenvalue weighted by molar-refractivity contribution is 9.10. The van der Waals surface area contributed by atoms with Crippen LogP contribution in [0.3, 0.4) is 0 Å². The van der Waals surface area contributed by atoms with Crippen molar-refractivity contribution in [3.05, 3.63) is 34.3 Å². The third kappa shape index (κ3) is 5.11. The van der Waals surface area contributed by atoms with Crippen molar-refractivity contribution in [2.75, 3.05) is 32.9 Å². The third-order valence-corrected chi connectivity index (χ3v) is 3.40. The molecule has 0 spiro atoms. The molecule has 2 amide bonds. The van der Waals surface area contributed by atoms with E-state index in [0.717, 1.165) is 4.47 Å². The summed E-state index contributed by atoms with van der Waals surface area (Å²) in [5, 5.41) is 5.44. The molecule has 2 rings (SSSR count). The van der Waals surface area contributed by atoms with Crippen LogP contribution in [-0.4, -0.2) is 50.8 Å². The number of hydrogen-bond donors (Lipinski definition) is 2. The smallest absolute Gasteiger partial charge is 0.251 e. The van der Waals surface area contributed by atoms with Crippen LogP contribution >= 0.6 is 15.9 Å². The first kappa shape index (κ1) is 15.9. The summed E-state index contributed by atoms with van der Waals surface area (Å²) >= 11 is 3.31. The number of benzene rings is 1. The van der Waals surface area contributed by atoms with Gasteiger partial charge >= 0.3 is 0 Å². The Morgan fingerprint density at radius 2 is 2.05 bits per heavy atom. The first-order valence-electron chi connectivity index (χ1n) is 6.67. The van der Waals surface area contributed by atoms with Crippen molar-refractivity contribution in [2.45, 2.75) is 6.10 Å². The van der Waals surface area contributed by atoms with Crippen molar-refractivity contribution >= 4 is 27.7 Å². The van der Waals surface area contributed by atoms with Crippen LogP contribution in [0, 0.1) is 0 Å². The maximum atomic E-state index is 11.9. The summed E-state index contributed by atoms with van der Waals surface area (Å²) < 4.78 is 11.3. The predicted molar refractivity (Wildman–Crippen MR) is 80.0 cm³/mol. The van der Waals surface area contributed by atoms with Crippen molar-refractivity contribution in [3.8, 4) is 0 Å². The molecule has 0 bridgehead atoms. The largest absolute Gasteiger partial charge is 0.376 e. The van der Waals surface area contributed by atoms with Gasteiger partial charge in [-0.05, 0) is 18.2 Å². The molecule has 1 aromatic carbocycles. The summed E-state index contributed by atoms with van der Waals surface area (Å²) in [6.07, 6.45) is -0.556. The minimum absolute atomic E-state index is 0.178. The third-order valence-electron chi connectivity index (χ3n) is 2.90. The molecule has 1 fully saturated rings. The van der Waals surface area contributed by atoms with E-state index in [1.54, 1.807) is 18.2 Å². The number of carbonyl (C=O) groups is 2. The molecule has 1 heterocycles. The number of halogens is 1. The van der Waals surface area contributed by atoms with Gasteiger partial charge < -0.3 is 20.1 Å². The summed E-state index contributed by atoms with van der Waals surface area (Å²) in [6, 6.07) is 7.11. The van der Waals surface area contributed by atoms with Gasteiger partial charge in [-0.3, -0.25) is 9.59 Å². The zero-order valence-corrected chi connectivity index (χ0v) is 13.0. The van der Waals surface area contributed by atoms with Crippen molar-refractivity contribution in [3.63, 3.8) is 0 Å². The molecule has 1 aromatic rings. The normalized spacial score (nSPS) is 18.0. The number of rotatable bonds is 5. The van der Waals surface area contributed by atoms with E-state index in [0.29, 0.717) is 31.9 Å². The maximum Gasteiger partial charge on any atom is 0.251 e. The van der Waals surface area contributed by atoms with Crippen LogP contribution in [0.15, 0.2) is 28.7 Å². The second-order valence-corrected chi connectivity index (χ2v) is 5.41. The minimum Gasteiger partial charge on any atom is -0.376 e. The van der Waals surface area contributed by atoms with E-state index in [1.165, 1.54) is 0 Å². The van der Waals surface area contributed by atoms with Crippen LogP contribution in [-0.2, 0) is 14.3 Å². The second kappa shape index (κ2) is 8.11. The van der Waals surface area contributed by atoms with Gasteiger partial charge in [-0.1, -0.05) is 22.0 Å². The van der Waals surface area contributed by atoms with Gasteiger partial charge in [0.05, 0.1) is 19.8 Å². The van der Waals surface area contributed by atoms with Gasteiger partial charge in [0.15, 0.2) is 6.10 Å². The van der Waals surface area contributed by atoms with Crippen LogP contribution < -0.4 is 10.6 Å². The molecule has 1 unspecified atom stereocenters. The fraction of sp³-hybridized carbons (Fsp3) is 0.429. The molecule has 6 nitrogen and oxygen atoms in total. The van der Waals surface area contributed by atoms with Crippen LogP contribution in [0.1, 0.15) is 10.4 Å². The Balaban J connectivity index is 1.67. The first-order valence-corrected chi connectivity index (χ1v) is 7.47. The van der Waals surface area contributed by atoms with Crippen LogP contribution in [0.5, 0.6) is 0 Å². The topological polar surface area (TPSA) is 76.7 Å². The van der Waals surface area contributed by atoms with Gasteiger partial charge in [-0.25, -0.2) is 0 Å². The van der Waals surface area contributed by atoms with Gasteiger partial charge in [-0.15, -0.1) is 0 Å². The van der Waals surface area contributed by atoms with Crippen LogP contribution in [0.25, 0.3) is 0 Å². The molecule has 7 heteroatoms. The van der Waals surface area contributed by atoms with Gasteiger partial charge in [0.2, 0.25) is 0 Å². The summed E-state index contributed by atoms with van der Waals surface area (Å²) in [5.41, 5.74) is 0.569. The number of nitrogens with one attached hydrogen (secondary N) is 2. The lowest BCUT2D eigenvalue weighted by Gasteiger charge is -2.22. The first-order chi connectivity index (χ1) is 10.2. The molecule has 1 aliphatic rings. The highest BCUT2D eigenvalue weighted by Crippen LogP contribution is 2.11. The number of ether oxygens (including phenoxy) is 2. The summed E-state index contributed by atoms with van der Waals surface area (Å²) in [4.78, 5) is 23.6. The SMILES string of the molecule is O=C(NCCNC(=O)C1COCCO1)c1cccc(Br)c1. The lowest BCUT2D eigenvalue weighted by molar-refractivity contribution is -0.147. The van der Waals surface area contributed by atoms with Crippen molar-refractivity contribution in [1.29, 1.82) is 0 Å². The van der Waals surface area contributed by atoms with Crippen LogP contribution in [0.4, 0.5) is 0 Å².